The van der Waals surface area contributed by atoms with Crippen molar-refractivity contribution in [2.45, 2.75) is 102 Å². The molecular weight excluding hydrogens is 584 g/mol. The van der Waals surface area contributed by atoms with Crippen molar-refractivity contribution >= 4 is 5.78 Å². The predicted octanol–water partition coefficient (Wildman–Crippen LogP) is 5.25. The third-order valence-electron chi connectivity index (χ3n) is 9.86. The minimum Gasteiger partial charge on any atom is -0.388 e. The Balaban J connectivity index is 1.19. The molecule has 2 aliphatic rings. The van der Waals surface area contributed by atoms with E-state index in [9.17, 15) is 14.7 Å². The smallest absolute Gasteiger partial charge is 0.388 e. The van der Waals surface area contributed by atoms with Gasteiger partial charge >= 0.3 is 5.76 Å². The fourth-order valence-corrected chi connectivity index (χ4v) is 7.44. The minimum absolute atomic E-state index is 0.00369. The molecule has 2 aromatic carbocycles. The highest BCUT2D eigenvalue weighted by atomic mass is 16.5. The number of nitrogens with one attached hydrogen (secondary N) is 1. The van der Waals surface area contributed by atoms with Crippen LogP contribution in [0.1, 0.15) is 88.6 Å². The van der Waals surface area contributed by atoms with Gasteiger partial charge in [0.1, 0.15) is 6.33 Å². The number of benzene rings is 2. The summed E-state index contributed by atoms with van der Waals surface area (Å²) in [5.74, 6) is 0.371. The molecule has 7 rings (SSSR count). The van der Waals surface area contributed by atoms with Gasteiger partial charge in [-0.05, 0) is 75.5 Å². The predicted molar refractivity (Wildman–Crippen MR) is 173 cm³/mol. The molecule has 1 aliphatic heterocycles. The number of aryl methyl sites for hydroxylation is 1. The van der Waals surface area contributed by atoms with E-state index in [1.807, 2.05) is 71.5 Å². The monoisotopic (exact) mass is 624 g/mol. The Morgan fingerprint density at radius 1 is 1.02 bits per heavy atom. The fourth-order valence-electron chi connectivity index (χ4n) is 7.44. The van der Waals surface area contributed by atoms with Crippen molar-refractivity contribution in [1.29, 1.82) is 0 Å². The van der Waals surface area contributed by atoms with Gasteiger partial charge in [0, 0.05) is 23.6 Å². The number of rotatable bonds is 8. The molecule has 0 amide bonds. The maximum Gasteiger partial charge on any atom is 0.439 e. The maximum atomic E-state index is 14.4. The van der Waals surface area contributed by atoms with Crippen molar-refractivity contribution in [3.63, 3.8) is 0 Å². The lowest BCUT2D eigenvalue weighted by Crippen LogP contribution is -2.42. The molecule has 1 atom stereocenters. The van der Waals surface area contributed by atoms with E-state index >= 15 is 0 Å². The van der Waals surface area contributed by atoms with Gasteiger partial charge in [-0.3, -0.25) is 18.9 Å². The molecule has 4 heterocycles. The highest BCUT2D eigenvalue weighted by Gasteiger charge is 2.47. The van der Waals surface area contributed by atoms with Crippen LogP contribution in [0.5, 0.6) is 0 Å². The second-order valence-electron chi connectivity index (χ2n) is 13.4. The van der Waals surface area contributed by atoms with Gasteiger partial charge in [0.25, 0.3) is 5.56 Å². The average molecular weight is 625 g/mol. The van der Waals surface area contributed by atoms with Crippen LogP contribution in [-0.2, 0) is 17.6 Å². The van der Waals surface area contributed by atoms with E-state index in [2.05, 4.69) is 27.1 Å². The molecule has 1 aliphatic carbocycles. The Morgan fingerprint density at radius 3 is 2.39 bits per heavy atom. The summed E-state index contributed by atoms with van der Waals surface area (Å²) in [4.78, 5) is 33.2. The minimum atomic E-state index is -0.867. The van der Waals surface area contributed by atoms with Crippen molar-refractivity contribution in [2.75, 3.05) is 0 Å². The average Bonchev–Trinajstić information content (AvgIpc) is 3.81. The molecule has 1 saturated carbocycles. The number of H-pyrrole nitrogens is 1. The van der Waals surface area contributed by atoms with Crippen molar-refractivity contribution in [2.24, 2.45) is 0 Å². The number of aromatic nitrogens is 6. The van der Waals surface area contributed by atoms with E-state index in [1.165, 1.54) is 0 Å². The van der Waals surface area contributed by atoms with Gasteiger partial charge < -0.3 is 9.84 Å². The van der Waals surface area contributed by atoms with E-state index in [0.717, 1.165) is 78.5 Å². The molecule has 1 saturated heterocycles. The Morgan fingerprint density at radius 2 is 1.74 bits per heavy atom. The van der Waals surface area contributed by atoms with Crippen LogP contribution >= 0.6 is 0 Å². The molecule has 2 N–H and O–H groups in total. The van der Waals surface area contributed by atoms with Gasteiger partial charge in [-0.15, -0.1) is 0 Å². The van der Waals surface area contributed by atoms with Gasteiger partial charge in [-0.2, -0.15) is 10.1 Å². The van der Waals surface area contributed by atoms with Gasteiger partial charge in [0.2, 0.25) is 5.78 Å². The summed E-state index contributed by atoms with van der Waals surface area (Å²) >= 11 is 0. The second kappa shape index (κ2) is 11.8. The Bertz CT molecular complexity index is 1970. The summed E-state index contributed by atoms with van der Waals surface area (Å²) in [7, 11) is 0. The highest BCUT2D eigenvalue weighted by Crippen LogP contribution is 2.47. The van der Waals surface area contributed by atoms with Gasteiger partial charge in [0.15, 0.2) is 5.82 Å². The zero-order valence-electron chi connectivity index (χ0n) is 26.5. The molecule has 11 nitrogen and oxygen atoms in total. The quantitative estimate of drug-likeness (QED) is 0.239. The standard InChI is InChI=1S/C35H40N6O5/c1-4-7-28-27(20-22-10-12-23(13-11-22)25-8-5-6-9-26(25)30-38-33(43)46-39-30)31(42)40(32-36-21-37-41(28)32)24-14-17-35(18-15-24)19-16-29(45-35)34(2,3)44/h5-6,8-13,21,24,29,44H,4,7,14-20H2,1-3H3,(H,38,39,43)/t24-,29?,35-. The van der Waals surface area contributed by atoms with E-state index in [0.29, 0.717) is 24.4 Å². The fraction of sp³-hybridized carbons (Fsp3) is 0.457. The van der Waals surface area contributed by atoms with E-state index in [1.54, 1.807) is 6.33 Å². The normalized spacial score (nSPS) is 21.8. The summed E-state index contributed by atoms with van der Waals surface area (Å²) in [5.41, 5.74) is 4.18. The van der Waals surface area contributed by atoms with E-state index < -0.39 is 11.4 Å². The lowest BCUT2D eigenvalue weighted by atomic mass is 9.80. The second-order valence-corrected chi connectivity index (χ2v) is 13.4. The number of fused-ring (bicyclic) bond motifs is 1. The third-order valence-corrected chi connectivity index (χ3v) is 9.86. The van der Waals surface area contributed by atoms with Gasteiger partial charge in [-0.25, -0.2) is 9.31 Å². The van der Waals surface area contributed by atoms with Crippen LogP contribution in [0.25, 0.3) is 28.3 Å². The lowest BCUT2D eigenvalue weighted by Gasteiger charge is -2.39. The third kappa shape index (κ3) is 5.51. The molecule has 11 heteroatoms. The first-order chi connectivity index (χ1) is 22.2. The molecule has 2 fully saturated rings. The van der Waals surface area contributed by atoms with Crippen LogP contribution < -0.4 is 11.3 Å². The van der Waals surface area contributed by atoms with Gasteiger partial charge in [-0.1, -0.05) is 67.0 Å². The van der Waals surface area contributed by atoms with Crippen molar-refractivity contribution in [3.8, 4) is 22.5 Å². The summed E-state index contributed by atoms with van der Waals surface area (Å²) in [6.45, 7) is 5.74. The van der Waals surface area contributed by atoms with Gasteiger partial charge in [0.05, 0.1) is 23.0 Å². The van der Waals surface area contributed by atoms with E-state index in [4.69, 9.17) is 9.26 Å². The molecule has 3 aromatic heterocycles. The summed E-state index contributed by atoms with van der Waals surface area (Å²) in [6, 6.07) is 15.8. The number of aliphatic hydroxyl groups is 1. The van der Waals surface area contributed by atoms with Crippen molar-refractivity contribution < 1.29 is 14.4 Å². The molecule has 46 heavy (non-hydrogen) atoms. The maximum absolute atomic E-state index is 14.4. The zero-order chi connectivity index (χ0) is 32.1. The largest absolute Gasteiger partial charge is 0.439 e. The molecular formula is C35H40N6O5. The first-order valence-corrected chi connectivity index (χ1v) is 16.3. The van der Waals surface area contributed by atoms with Crippen molar-refractivity contribution in [1.82, 2.24) is 29.3 Å². The van der Waals surface area contributed by atoms with Crippen LogP contribution in [-0.4, -0.2) is 51.7 Å². The molecule has 240 valence electrons. The Kier molecular flexibility index (Phi) is 7.76. The zero-order valence-corrected chi connectivity index (χ0v) is 26.5. The van der Waals surface area contributed by atoms with Crippen LogP contribution in [0.2, 0.25) is 0 Å². The number of nitrogens with zero attached hydrogens (tertiary/aromatic N) is 5. The first-order valence-electron chi connectivity index (χ1n) is 16.3. The molecule has 5 aromatic rings. The van der Waals surface area contributed by atoms with Crippen LogP contribution in [0.3, 0.4) is 0 Å². The Hall–Kier alpha value is -4.35. The SMILES string of the molecule is CCCc1c(Cc2ccc(-c3ccccc3-c3noc(=O)[nH]3)cc2)c(=O)n([C@H]2CC[C@@]3(CCC(C(C)(C)O)O3)CC2)c2ncnn12. The number of ether oxygens (including phenoxy) is 1. The number of hydrogen-bond donors (Lipinski definition) is 2. The van der Waals surface area contributed by atoms with Crippen LogP contribution in [0.4, 0.5) is 0 Å². The van der Waals surface area contributed by atoms with E-state index in [-0.39, 0.29) is 23.3 Å². The topological polar surface area (TPSA) is 141 Å². The lowest BCUT2D eigenvalue weighted by molar-refractivity contribution is -0.135. The summed E-state index contributed by atoms with van der Waals surface area (Å²) in [6.07, 6.45) is 8.50. The van der Waals surface area contributed by atoms with Crippen LogP contribution in [0.15, 0.2) is 69.0 Å². The van der Waals surface area contributed by atoms with Crippen LogP contribution in [0, 0.1) is 0 Å². The number of hydrogen-bond acceptors (Lipinski definition) is 8. The van der Waals surface area contributed by atoms with Crippen molar-refractivity contribution in [3.05, 3.63) is 92.6 Å². The molecule has 1 spiro atoms. The summed E-state index contributed by atoms with van der Waals surface area (Å²) < 4.78 is 15.0. The molecule has 0 bridgehead atoms. The number of aromatic amines is 1. The Labute approximate surface area is 266 Å². The summed E-state index contributed by atoms with van der Waals surface area (Å²) in [5, 5.41) is 19.0. The first kappa shape index (κ1) is 30.3. The highest BCUT2D eigenvalue weighted by molar-refractivity contribution is 5.80. The molecule has 1 unspecified atom stereocenters. The molecule has 0 radical (unpaired) electrons.